The highest BCUT2D eigenvalue weighted by molar-refractivity contribution is 7.99. The van der Waals surface area contributed by atoms with Gasteiger partial charge in [0.2, 0.25) is 11.9 Å². The van der Waals surface area contributed by atoms with Gasteiger partial charge in [0.25, 0.3) is 0 Å². The van der Waals surface area contributed by atoms with Crippen LogP contribution in [0.2, 0.25) is 0 Å². The van der Waals surface area contributed by atoms with Crippen LogP contribution in [0.4, 0.5) is 56.0 Å². The van der Waals surface area contributed by atoms with Crippen molar-refractivity contribution < 1.29 is 0 Å². The second kappa shape index (κ2) is 18.8. The fourth-order valence-corrected chi connectivity index (χ4v) is 12.0. The summed E-state index contributed by atoms with van der Waals surface area (Å²) in [4.78, 5) is 21.6. The maximum Gasteiger partial charge on any atom is 0.233 e. The van der Waals surface area contributed by atoms with Crippen molar-refractivity contribution in [3.63, 3.8) is 0 Å². The fraction of sp³-hybridized carbons (Fsp3) is 0.390. The van der Waals surface area contributed by atoms with Crippen molar-refractivity contribution in [1.82, 2.24) is 23.7 Å². The molecule has 2 aromatic carbocycles. The lowest BCUT2D eigenvalue weighted by molar-refractivity contribution is 0.515. The maximum absolute atomic E-state index is 5.02. The molecule has 8 rings (SSSR count). The van der Waals surface area contributed by atoms with E-state index in [1.807, 2.05) is 12.1 Å². The van der Waals surface area contributed by atoms with Crippen LogP contribution in [0.15, 0.2) is 72.8 Å². The fourth-order valence-electron chi connectivity index (χ4n) is 7.20. The molecule has 7 aromatic rings. The van der Waals surface area contributed by atoms with Crippen molar-refractivity contribution in [2.24, 2.45) is 20.5 Å². The average molecular weight is 882 g/mol. The number of azo groups is 2. The Morgan fingerprint density at radius 1 is 0.644 bits per heavy atom. The zero-order valence-electron chi connectivity index (χ0n) is 34.0. The van der Waals surface area contributed by atoms with E-state index in [9.17, 15) is 0 Å². The molecule has 306 valence electrons. The van der Waals surface area contributed by atoms with E-state index in [-0.39, 0.29) is 0 Å². The Kier molecular flexibility index (Phi) is 13.1. The molecule has 1 aliphatic carbocycles. The lowest BCUT2D eigenvalue weighted by Gasteiger charge is -2.23. The summed E-state index contributed by atoms with van der Waals surface area (Å²) in [5.74, 6) is 0.816. The van der Waals surface area contributed by atoms with Crippen LogP contribution in [0.25, 0.3) is 20.4 Å². The SMILES string of the molecule is CCN(CC)c1ccc(/N=N/c2snc3scc(C)c23)c(Nc2nc(Nc3cc(N(CC)CC)ccc3/N=N/c3snc4scc(C)c34)nc(SC3CCCCC3)n2)c1. The van der Waals surface area contributed by atoms with Crippen molar-refractivity contribution in [3.05, 3.63) is 58.3 Å². The average Bonchev–Trinajstić information content (AvgIpc) is 4.03. The number of nitrogens with zero attached hydrogens (tertiary/aromatic N) is 11. The van der Waals surface area contributed by atoms with Gasteiger partial charge < -0.3 is 20.4 Å². The Balaban J connectivity index is 1.18. The molecular formula is C41H47N13S5. The van der Waals surface area contributed by atoms with Crippen LogP contribution < -0.4 is 20.4 Å². The van der Waals surface area contributed by atoms with Crippen LogP contribution in [0.5, 0.6) is 0 Å². The first-order valence-corrected chi connectivity index (χ1v) is 24.3. The van der Waals surface area contributed by atoms with E-state index in [2.05, 4.69) is 106 Å². The number of nitrogens with one attached hydrogen (secondary N) is 2. The highest BCUT2D eigenvalue weighted by atomic mass is 32.2. The van der Waals surface area contributed by atoms with Gasteiger partial charge in [-0.1, -0.05) is 31.0 Å². The predicted molar refractivity (Wildman–Crippen MR) is 252 cm³/mol. The number of anilines is 6. The summed E-state index contributed by atoms with van der Waals surface area (Å²) < 4.78 is 9.20. The van der Waals surface area contributed by atoms with E-state index in [0.717, 1.165) is 103 Å². The van der Waals surface area contributed by atoms with Crippen molar-refractivity contribution in [3.8, 4) is 0 Å². The smallest absolute Gasteiger partial charge is 0.233 e. The normalized spacial score (nSPS) is 13.7. The molecule has 0 saturated heterocycles. The zero-order valence-corrected chi connectivity index (χ0v) is 38.1. The van der Waals surface area contributed by atoms with Gasteiger partial charge in [-0.25, -0.2) is 0 Å². The third-order valence-corrected chi connectivity index (χ3v) is 15.3. The number of benzene rings is 2. The molecule has 5 heterocycles. The van der Waals surface area contributed by atoms with Gasteiger partial charge in [0.15, 0.2) is 15.2 Å². The van der Waals surface area contributed by atoms with Gasteiger partial charge in [-0.05, 0) is 136 Å². The third-order valence-electron chi connectivity index (χ3n) is 10.4. The molecule has 5 aromatic heterocycles. The molecule has 1 aliphatic rings. The minimum atomic E-state index is 0.408. The van der Waals surface area contributed by atoms with Crippen LogP contribution in [-0.2, 0) is 0 Å². The number of fused-ring (bicyclic) bond motifs is 2. The van der Waals surface area contributed by atoms with Crippen molar-refractivity contribution in [2.45, 2.75) is 84.1 Å². The van der Waals surface area contributed by atoms with Crippen LogP contribution in [0.3, 0.4) is 0 Å². The summed E-state index contributed by atoms with van der Waals surface area (Å²) in [6, 6.07) is 12.4. The van der Waals surface area contributed by atoms with Gasteiger partial charge in [-0.2, -0.15) is 23.7 Å². The summed E-state index contributed by atoms with van der Waals surface area (Å²) >= 11 is 7.72. The highest BCUT2D eigenvalue weighted by Crippen LogP contribution is 2.42. The molecule has 0 amide bonds. The Labute approximate surface area is 364 Å². The molecule has 0 bridgehead atoms. The first kappa shape index (κ1) is 41.1. The lowest BCUT2D eigenvalue weighted by Crippen LogP contribution is -2.21. The van der Waals surface area contributed by atoms with Gasteiger partial charge in [0.05, 0.1) is 22.1 Å². The molecule has 13 nitrogen and oxygen atoms in total. The number of thioether (sulfide) groups is 1. The number of aromatic nitrogens is 5. The summed E-state index contributed by atoms with van der Waals surface area (Å²) in [6.07, 6.45) is 5.97. The van der Waals surface area contributed by atoms with Gasteiger partial charge >= 0.3 is 0 Å². The van der Waals surface area contributed by atoms with Crippen LogP contribution in [0.1, 0.15) is 70.9 Å². The van der Waals surface area contributed by atoms with E-state index in [1.165, 1.54) is 42.3 Å². The van der Waals surface area contributed by atoms with Gasteiger partial charge in [0.1, 0.15) is 21.0 Å². The molecule has 0 spiro atoms. The van der Waals surface area contributed by atoms with Gasteiger partial charge in [-0.3, -0.25) is 0 Å². The summed E-state index contributed by atoms with van der Waals surface area (Å²) in [5, 5.41) is 35.1. The largest absolute Gasteiger partial charge is 0.372 e. The molecule has 1 fully saturated rings. The van der Waals surface area contributed by atoms with E-state index in [1.54, 1.807) is 34.4 Å². The van der Waals surface area contributed by atoms with E-state index in [4.69, 9.17) is 35.4 Å². The second-order valence-corrected chi connectivity index (χ2v) is 18.7. The van der Waals surface area contributed by atoms with Crippen molar-refractivity contribution in [2.75, 3.05) is 46.6 Å². The van der Waals surface area contributed by atoms with E-state index < -0.39 is 0 Å². The monoisotopic (exact) mass is 881 g/mol. The summed E-state index contributed by atoms with van der Waals surface area (Å²) in [6.45, 7) is 16.3. The van der Waals surface area contributed by atoms with Crippen LogP contribution in [0, 0.1) is 13.8 Å². The van der Waals surface area contributed by atoms with E-state index >= 15 is 0 Å². The highest BCUT2D eigenvalue weighted by Gasteiger charge is 2.20. The molecule has 2 N–H and O–H groups in total. The minimum absolute atomic E-state index is 0.408. The van der Waals surface area contributed by atoms with Crippen LogP contribution >= 0.6 is 57.5 Å². The Bertz CT molecular complexity index is 2430. The number of rotatable bonds is 16. The maximum atomic E-state index is 5.02. The molecule has 59 heavy (non-hydrogen) atoms. The summed E-state index contributed by atoms with van der Waals surface area (Å²) in [5.41, 5.74) is 7.25. The lowest BCUT2D eigenvalue weighted by atomic mass is 10.0. The topological polar surface area (TPSA) is 144 Å². The Morgan fingerprint density at radius 3 is 1.58 bits per heavy atom. The standard InChI is InChI=1S/C41H47N13S5/c1-7-53(8-2)26-16-18-29(47-49-35-33-24(5)22-55-37(33)51-58-35)31(20-26)42-39-44-40(46-41(45-39)57-28-14-12-11-13-15-28)43-32-21-27(54(9-3)10-4)17-19-30(32)48-50-36-34-25(6)23-56-38(34)52-59-36/h16-23,28H,7-15H2,1-6H3,(H2,42,43,44,45,46)/b49-47+,50-48+. The van der Waals surface area contributed by atoms with E-state index in [0.29, 0.717) is 33.7 Å². The predicted octanol–water partition coefficient (Wildman–Crippen LogP) is 14.3. The quantitative estimate of drug-likeness (QED) is 0.0900. The molecule has 0 aliphatic heterocycles. The molecule has 18 heteroatoms. The molecule has 0 unspecified atom stereocenters. The number of aryl methyl sites for hydroxylation is 2. The number of thiophene rings is 2. The summed E-state index contributed by atoms with van der Waals surface area (Å²) in [7, 11) is 0. The zero-order chi connectivity index (χ0) is 40.9. The number of hydrogen-bond acceptors (Lipinski definition) is 18. The Hall–Kier alpha value is -4.62. The first-order chi connectivity index (χ1) is 28.8. The first-order valence-electron chi connectivity index (χ1n) is 20.1. The molecule has 0 atom stereocenters. The Morgan fingerprint density at radius 2 is 1.12 bits per heavy atom. The van der Waals surface area contributed by atoms with Gasteiger partial charge in [-0.15, -0.1) is 43.1 Å². The van der Waals surface area contributed by atoms with Crippen LogP contribution in [-0.4, -0.2) is 55.1 Å². The third kappa shape index (κ3) is 9.26. The van der Waals surface area contributed by atoms with Crippen molar-refractivity contribution in [1.29, 1.82) is 0 Å². The molecule has 1 saturated carbocycles. The second-order valence-electron chi connectivity index (χ2n) is 14.2. The molecule has 0 radical (unpaired) electrons. The van der Waals surface area contributed by atoms with Crippen molar-refractivity contribution >= 4 is 134 Å². The van der Waals surface area contributed by atoms with Gasteiger partial charge in [0, 0.05) is 42.8 Å². The molecular weight excluding hydrogens is 835 g/mol. The minimum Gasteiger partial charge on any atom is -0.372 e. The number of hydrogen-bond donors (Lipinski definition) is 2.